The van der Waals surface area contributed by atoms with Crippen molar-refractivity contribution in [3.63, 3.8) is 0 Å². The maximum atomic E-state index is 12.4. The van der Waals surface area contributed by atoms with E-state index < -0.39 is 0 Å². The minimum absolute atomic E-state index is 0.143. The second-order valence-electron chi connectivity index (χ2n) is 6.76. The Balaban J connectivity index is 1.64. The van der Waals surface area contributed by atoms with E-state index in [0.717, 1.165) is 16.8 Å². The quantitative estimate of drug-likeness (QED) is 0.457. The number of ether oxygens (including phenoxy) is 1. The summed E-state index contributed by atoms with van der Waals surface area (Å²) in [6, 6.07) is 10.7. The molecule has 1 aromatic heterocycles. The van der Waals surface area contributed by atoms with E-state index in [9.17, 15) is 9.59 Å². The molecule has 0 saturated heterocycles. The van der Waals surface area contributed by atoms with Crippen LogP contribution in [-0.2, 0) is 9.53 Å². The van der Waals surface area contributed by atoms with Crippen LogP contribution in [0.3, 0.4) is 0 Å². The van der Waals surface area contributed by atoms with Crippen molar-refractivity contribution in [3.05, 3.63) is 58.7 Å². The molecule has 156 valence electrons. The zero-order chi connectivity index (χ0) is 21.7. The number of hydrogen-bond acceptors (Lipinski definition) is 7. The summed E-state index contributed by atoms with van der Waals surface area (Å²) in [4.78, 5) is 24.0. The molecule has 0 spiro atoms. The Labute approximate surface area is 179 Å². The number of aryl methyl sites for hydroxylation is 3. The molecule has 0 radical (unpaired) electrons. The van der Waals surface area contributed by atoms with Crippen molar-refractivity contribution in [1.82, 2.24) is 20.2 Å². The molecule has 0 unspecified atom stereocenters. The maximum absolute atomic E-state index is 12.4. The number of hydrogen-bond donors (Lipinski definition) is 1. The van der Waals surface area contributed by atoms with E-state index in [2.05, 4.69) is 33.0 Å². The van der Waals surface area contributed by atoms with Gasteiger partial charge in [-0.3, -0.25) is 4.79 Å². The Morgan fingerprint density at radius 1 is 1.10 bits per heavy atom. The summed E-state index contributed by atoms with van der Waals surface area (Å²) in [6.45, 7) is 8.14. The number of carbonyl (C=O) groups excluding carboxylic acids is 2. The van der Waals surface area contributed by atoms with Crippen LogP contribution in [0, 0.1) is 20.8 Å². The number of nitrogens with one attached hydrogen (secondary N) is 1. The molecule has 1 N–H and O–H groups in total. The topological polar surface area (TPSA) is 99.0 Å². The minimum atomic E-state index is -0.389. The van der Waals surface area contributed by atoms with Crippen LogP contribution in [0.15, 0.2) is 41.6 Å². The molecule has 3 rings (SSSR count). The fourth-order valence-electron chi connectivity index (χ4n) is 3.15. The number of benzene rings is 2. The molecule has 0 atom stereocenters. The highest BCUT2D eigenvalue weighted by molar-refractivity contribution is 7.99. The number of carbonyl (C=O) groups is 2. The van der Waals surface area contributed by atoms with Crippen LogP contribution in [0.2, 0.25) is 0 Å². The van der Waals surface area contributed by atoms with Crippen LogP contribution in [0.5, 0.6) is 0 Å². The van der Waals surface area contributed by atoms with E-state index in [4.69, 9.17) is 4.74 Å². The first kappa shape index (κ1) is 21.5. The lowest BCUT2D eigenvalue weighted by Crippen LogP contribution is -2.15. The van der Waals surface area contributed by atoms with E-state index >= 15 is 0 Å². The monoisotopic (exact) mass is 425 g/mol. The Morgan fingerprint density at radius 3 is 2.40 bits per heavy atom. The Hall–Kier alpha value is -3.20. The summed E-state index contributed by atoms with van der Waals surface area (Å²) < 4.78 is 6.61. The van der Waals surface area contributed by atoms with Gasteiger partial charge in [0.05, 0.1) is 23.6 Å². The van der Waals surface area contributed by atoms with Gasteiger partial charge in [-0.25, -0.2) is 4.79 Å². The van der Waals surface area contributed by atoms with Gasteiger partial charge in [0.25, 0.3) is 0 Å². The second kappa shape index (κ2) is 9.53. The van der Waals surface area contributed by atoms with Crippen LogP contribution >= 0.6 is 11.8 Å². The van der Waals surface area contributed by atoms with Crippen molar-refractivity contribution in [2.45, 2.75) is 32.9 Å². The molecule has 0 bridgehead atoms. The first-order valence-corrected chi connectivity index (χ1v) is 10.4. The van der Waals surface area contributed by atoms with Crippen molar-refractivity contribution in [2.24, 2.45) is 0 Å². The fraction of sp³-hybridized carbons (Fsp3) is 0.286. The van der Waals surface area contributed by atoms with Gasteiger partial charge in [0.1, 0.15) is 0 Å². The second-order valence-corrected chi connectivity index (χ2v) is 7.70. The van der Waals surface area contributed by atoms with Crippen LogP contribution < -0.4 is 5.32 Å². The average Bonchev–Trinajstić information content (AvgIpc) is 3.14. The van der Waals surface area contributed by atoms with Gasteiger partial charge in [-0.1, -0.05) is 29.5 Å². The largest absolute Gasteiger partial charge is 0.462 e. The third-order valence-electron chi connectivity index (χ3n) is 4.30. The van der Waals surface area contributed by atoms with Crippen molar-refractivity contribution in [1.29, 1.82) is 0 Å². The van der Waals surface area contributed by atoms with Crippen molar-refractivity contribution in [3.8, 4) is 5.69 Å². The van der Waals surface area contributed by atoms with Gasteiger partial charge >= 0.3 is 5.97 Å². The van der Waals surface area contributed by atoms with Crippen LogP contribution in [0.4, 0.5) is 5.69 Å². The number of rotatable bonds is 7. The van der Waals surface area contributed by atoms with Gasteiger partial charge in [-0.2, -0.15) is 4.68 Å². The molecule has 3 aromatic rings. The summed E-state index contributed by atoms with van der Waals surface area (Å²) in [5, 5.41) is 15.3. The molecule has 8 nitrogen and oxygen atoms in total. The first-order valence-electron chi connectivity index (χ1n) is 9.45. The summed E-state index contributed by atoms with van der Waals surface area (Å²) in [5.74, 6) is -0.445. The van der Waals surface area contributed by atoms with Crippen LogP contribution in [0.1, 0.15) is 34.0 Å². The van der Waals surface area contributed by atoms with E-state index in [1.54, 1.807) is 35.9 Å². The van der Waals surface area contributed by atoms with Gasteiger partial charge in [-0.05, 0) is 73.5 Å². The SMILES string of the molecule is CCOC(=O)c1ccc(NC(=O)CSc2nnnn2-c2c(C)cc(C)cc2C)cc1. The number of amides is 1. The molecular formula is C21H23N5O3S. The van der Waals surface area contributed by atoms with Crippen molar-refractivity contribution in [2.75, 3.05) is 17.7 Å². The highest BCUT2D eigenvalue weighted by Crippen LogP contribution is 2.25. The molecule has 0 fully saturated rings. The lowest BCUT2D eigenvalue weighted by molar-refractivity contribution is -0.113. The highest BCUT2D eigenvalue weighted by Gasteiger charge is 2.15. The number of esters is 1. The molecule has 1 heterocycles. The number of aromatic nitrogens is 4. The minimum Gasteiger partial charge on any atom is -0.462 e. The third-order valence-corrected chi connectivity index (χ3v) is 5.22. The molecule has 30 heavy (non-hydrogen) atoms. The number of anilines is 1. The molecular weight excluding hydrogens is 402 g/mol. The molecule has 2 aromatic carbocycles. The lowest BCUT2D eigenvalue weighted by Gasteiger charge is -2.12. The molecule has 0 aliphatic rings. The summed E-state index contributed by atoms with van der Waals surface area (Å²) >= 11 is 1.25. The standard InChI is InChI=1S/C21H23N5O3S/c1-5-29-20(28)16-6-8-17(9-7-16)22-18(27)12-30-21-23-24-25-26(21)19-14(3)10-13(2)11-15(19)4/h6-11H,5,12H2,1-4H3,(H,22,27). The molecule has 0 aliphatic heterocycles. The normalized spacial score (nSPS) is 10.7. The Bertz CT molecular complexity index is 1040. The van der Waals surface area contributed by atoms with Gasteiger partial charge in [-0.15, -0.1) is 5.10 Å². The molecule has 0 aliphatic carbocycles. The summed E-state index contributed by atoms with van der Waals surface area (Å²) in [7, 11) is 0. The number of tetrazole rings is 1. The zero-order valence-corrected chi connectivity index (χ0v) is 18.1. The highest BCUT2D eigenvalue weighted by atomic mass is 32.2. The van der Waals surface area contributed by atoms with Gasteiger partial charge in [0.2, 0.25) is 11.1 Å². The Kier molecular flexibility index (Phi) is 6.83. The summed E-state index contributed by atoms with van der Waals surface area (Å²) in [6.07, 6.45) is 0. The Morgan fingerprint density at radius 2 is 1.77 bits per heavy atom. The number of thioether (sulfide) groups is 1. The maximum Gasteiger partial charge on any atom is 0.338 e. The zero-order valence-electron chi connectivity index (χ0n) is 17.3. The number of nitrogens with zero attached hydrogens (tertiary/aromatic N) is 4. The lowest BCUT2D eigenvalue weighted by atomic mass is 10.1. The predicted molar refractivity (Wildman–Crippen MR) is 115 cm³/mol. The van der Waals surface area contributed by atoms with E-state index in [1.807, 2.05) is 20.8 Å². The smallest absolute Gasteiger partial charge is 0.338 e. The van der Waals surface area contributed by atoms with E-state index in [1.165, 1.54) is 17.3 Å². The van der Waals surface area contributed by atoms with Crippen molar-refractivity contribution < 1.29 is 14.3 Å². The first-order chi connectivity index (χ1) is 14.4. The summed E-state index contributed by atoms with van der Waals surface area (Å²) in [5.41, 5.74) is 5.25. The molecule has 1 amide bonds. The predicted octanol–water partition coefficient (Wildman–Crippen LogP) is 3.50. The van der Waals surface area contributed by atoms with Gasteiger partial charge in [0.15, 0.2) is 0 Å². The average molecular weight is 426 g/mol. The molecule has 0 saturated carbocycles. The van der Waals surface area contributed by atoms with E-state index in [0.29, 0.717) is 23.0 Å². The van der Waals surface area contributed by atoms with Gasteiger partial charge in [0, 0.05) is 5.69 Å². The van der Waals surface area contributed by atoms with Gasteiger partial charge < -0.3 is 10.1 Å². The third kappa shape index (κ3) is 5.04. The molecule has 9 heteroatoms. The van der Waals surface area contributed by atoms with E-state index in [-0.39, 0.29) is 17.6 Å². The van der Waals surface area contributed by atoms with Crippen LogP contribution in [0.25, 0.3) is 5.69 Å². The van der Waals surface area contributed by atoms with Crippen LogP contribution in [-0.4, -0.2) is 44.4 Å². The fourth-order valence-corrected chi connectivity index (χ4v) is 3.82. The van der Waals surface area contributed by atoms with Crippen molar-refractivity contribution >= 4 is 29.3 Å².